The fourth-order valence-corrected chi connectivity index (χ4v) is 3.54. The number of amides is 1. The van der Waals surface area contributed by atoms with Crippen LogP contribution in [0.1, 0.15) is 10.4 Å². The van der Waals surface area contributed by atoms with Gasteiger partial charge in [0.2, 0.25) is 0 Å². The molecular weight excluding hydrogens is 322 g/mol. The van der Waals surface area contributed by atoms with Crippen LogP contribution in [-0.2, 0) is 0 Å². The highest BCUT2D eigenvalue weighted by molar-refractivity contribution is 7.13. The molecule has 1 amide bonds. The van der Waals surface area contributed by atoms with Gasteiger partial charge < -0.3 is 14.4 Å². The van der Waals surface area contributed by atoms with Crippen LogP contribution in [0.5, 0.6) is 0 Å². The van der Waals surface area contributed by atoms with Crippen molar-refractivity contribution in [2.24, 2.45) is 0 Å². The number of rotatable bonds is 3. The molecular formula is C17H17N5OS. The zero-order chi connectivity index (χ0) is 16.4. The predicted molar refractivity (Wildman–Crippen MR) is 93.8 cm³/mol. The average molecular weight is 339 g/mol. The van der Waals surface area contributed by atoms with Crippen LogP contribution in [0.4, 0.5) is 5.13 Å². The standard InChI is InChI=1S/C17H17N5OS/c23-16(14-1-3-15(4-2-14)22-7-5-18-13-22)20-8-10-21(11-9-20)17-19-6-12-24-17/h1-7,12-13H,8-11H2. The maximum absolute atomic E-state index is 12.7. The zero-order valence-electron chi connectivity index (χ0n) is 13.1. The van der Waals surface area contributed by atoms with E-state index in [9.17, 15) is 4.79 Å². The van der Waals surface area contributed by atoms with Gasteiger partial charge in [-0.2, -0.15) is 0 Å². The third kappa shape index (κ3) is 2.90. The lowest BCUT2D eigenvalue weighted by atomic mass is 10.1. The third-order valence-electron chi connectivity index (χ3n) is 4.17. The first-order valence-corrected chi connectivity index (χ1v) is 8.71. The molecule has 0 unspecified atom stereocenters. The number of imidazole rings is 1. The van der Waals surface area contributed by atoms with Crippen LogP contribution < -0.4 is 4.90 Å². The van der Waals surface area contributed by atoms with Crippen LogP contribution >= 0.6 is 11.3 Å². The van der Waals surface area contributed by atoms with Crippen LogP contribution in [0.3, 0.4) is 0 Å². The van der Waals surface area contributed by atoms with E-state index in [0.29, 0.717) is 0 Å². The van der Waals surface area contributed by atoms with E-state index in [1.165, 1.54) is 0 Å². The highest BCUT2D eigenvalue weighted by Crippen LogP contribution is 2.20. The molecule has 0 bridgehead atoms. The van der Waals surface area contributed by atoms with E-state index in [4.69, 9.17) is 0 Å². The fourth-order valence-electron chi connectivity index (χ4n) is 2.84. The first kappa shape index (κ1) is 14.9. The summed E-state index contributed by atoms with van der Waals surface area (Å²) in [5.41, 5.74) is 1.72. The number of carbonyl (C=O) groups excluding carboxylic acids is 1. The Kier molecular flexibility index (Phi) is 4.00. The summed E-state index contributed by atoms with van der Waals surface area (Å²) in [7, 11) is 0. The minimum absolute atomic E-state index is 0.0889. The minimum Gasteiger partial charge on any atom is -0.345 e. The number of anilines is 1. The van der Waals surface area contributed by atoms with Gasteiger partial charge in [-0.3, -0.25) is 4.79 Å². The molecule has 3 aromatic rings. The van der Waals surface area contributed by atoms with Gasteiger partial charge in [-0.15, -0.1) is 11.3 Å². The van der Waals surface area contributed by atoms with Crippen LogP contribution in [0.15, 0.2) is 54.6 Å². The molecule has 1 saturated heterocycles. The van der Waals surface area contributed by atoms with Crippen molar-refractivity contribution in [2.75, 3.05) is 31.1 Å². The van der Waals surface area contributed by atoms with E-state index in [0.717, 1.165) is 42.6 Å². The van der Waals surface area contributed by atoms with Crippen LogP contribution in [0, 0.1) is 0 Å². The van der Waals surface area contributed by atoms with Gasteiger partial charge in [0.15, 0.2) is 5.13 Å². The fraction of sp³-hybridized carbons (Fsp3) is 0.235. The summed E-state index contributed by atoms with van der Waals surface area (Å²) in [6.45, 7) is 3.10. The Balaban J connectivity index is 1.41. The second kappa shape index (κ2) is 6.45. The molecule has 122 valence electrons. The summed E-state index contributed by atoms with van der Waals surface area (Å²) in [6, 6.07) is 7.65. The van der Waals surface area contributed by atoms with Gasteiger partial charge in [0.25, 0.3) is 5.91 Å². The molecule has 0 N–H and O–H groups in total. The molecule has 0 radical (unpaired) electrons. The number of thiazole rings is 1. The maximum Gasteiger partial charge on any atom is 0.253 e. The summed E-state index contributed by atoms with van der Waals surface area (Å²) in [5, 5.41) is 3.01. The number of hydrogen-bond donors (Lipinski definition) is 0. The lowest BCUT2D eigenvalue weighted by Crippen LogP contribution is -2.48. The molecule has 0 atom stereocenters. The predicted octanol–water partition coefficient (Wildman–Crippen LogP) is 2.29. The molecule has 0 spiro atoms. The van der Waals surface area contributed by atoms with Gasteiger partial charge in [-0.25, -0.2) is 9.97 Å². The Morgan fingerprint density at radius 3 is 2.46 bits per heavy atom. The van der Waals surface area contributed by atoms with Crippen molar-refractivity contribution >= 4 is 22.4 Å². The molecule has 0 aliphatic carbocycles. The number of aromatic nitrogens is 3. The van der Waals surface area contributed by atoms with Gasteiger partial charge in [-0.1, -0.05) is 0 Å². The van der Waals surface area contributed by atoms with E-state index in [1.54, 1.807) is 23.9 Å². The lowest BCUT2D eigenvalue weighted by Gasteiger charge is -2.34. The number of carbonyl (C=O) groups is 1. The van der Waals surface area contributed by atoms with E-state index in [1.807, 2.05) is 51.5 Å². The summed E-state index contributed by atoms with van der Waals surface area (Å²) in [4.78, 5) is 25.2. The van der Waals surface area contributed by atoms with Gasteiger partial charge in [-0.05, 0) is 24.3 Å². The first-order valence-electron chi connectivity index (χ1n) is 7.83. The summed E-state index contributed by atoms with van der Waals surface area (Å²) < 4.78 is 1.92. The Hall–Kier alpha value is -2.67. The molecule has 24 heavy (non-hydrogen) atoms. The summed E-state index contributed by atoms with van der Waals surface area (Å²) >= 11 is 1.64. The molecule has 2 aromatic heterocycles. The SMILES string of the molecule is O=C(c1ccc(-n2ccnc2)cc1)N1CCN(c2nccs2)CC1. The van der Waals surface area contributed by atoms with E-state index in [2.05, 4.69) is 14.9 Å². The van der Waals surface area contributed by atoms with Gasteiger partial charge in [0.1, 0.15) is 0 Å². The quantitative estimate of drug-likeness (QED) is 0.735. The Morgan fingerprint density at radius 1 is 1.04 bits per heavy atom. The highest BCUT2D eigenvalue weighted by atomic mass is 32.1. The molecule has 0 saturated carbocycles. The topological polar surface area (TPSA) is 54.3 Å². The second-order valence-corrected chi connectivity index (χ2v) is 6.48. The largest absolute Gasteiger partial charge is 0.345 e. The molecule has 1 aliphatic rings. The molecule has 3 heterocycles. The molecule has 4 rings (SSSR count). The van der Waals surface area contributed by atoms with Gasteiger partial charge in [0, 0.05) is 61.4 Å². The monoisotopic (exact) mass is 339 g/mol. The number of nitrogens with zero attached hydrogens (tertiary/aromatic N) is 5. The minimum atomic E-state index is 0.0889. The van der Waals surface area contributed by atoms with Crippen molar-refractivity contribution in [1.29, 1.82) is 0 Å². The lowest BCUT2D eigenvalue weighted by molar-refractivity contribution is 0.0747. The van der Waals surface area contributed by atoms with E-state index >= 15 is 0 Å². The molecule has 7 heteroatoms. The Labute approximate surface area is 144 Å². The number of benzene rings is 1. The Bertz CT molecular complexity index is 790. The first-order chi connectivity index (χ1) is 11.8. The second-order valence-electron chi connectivity index (χ2n) is 5.61. The smallest absolute Gasteiger partial charge is 0.253 e. The number of piperazine rings is 1. The van der Waals surface area contributed by atoms with Gasteiger partial charge in [0.05, 0.1) is 6.33 Å². The Morgan fingerprint density at radius 2 is 1.83 bits per heavy atom. The van der Waals surface area contributed by atoms with Crippen molar-refractivity contribution in [2.45, 2.75) is 0 Å². The third-order valence-corrected chi connectivity index (χ3v) is 5.01. The summed E-state index contributed by atoms with van der Waals surface area (Å²) in [6.07, 6.45) is 7.18. The number of hydrogen-bond acceptors (Lipinski definition) is 5. The highest BCUT2D eigenvalue weighted by Gasteiger charge is 2.23. The zero-order valence-corrected chi connectivity index (χ0v) is 13.9. The van der Waals surface area contributed by atoms with Crippen LogP contribution in [0.25, 0.3) is 5.69 Å². The molecule has 1 aromatic carbocycles. The van der Waals surface area contributed by atoms with E-state index in [-0.39, 0.29) is 5.91 Å². The van der Waals surface area contributed by atoms with Crippen molar-refractivity contribution in [3.8, 4) is 5.69 Å². The van der Waals surface area contributed by atoms with Crippen LogP contribution in [-0.4, -0.2) is 51.5 Å². The van der Waals surface area contributed by atoms with Crippen LogP contribution in [0.2, 0.25) is 0 Å². The molecule has 1 fully saturated rings. The van der Waals surface area contributed by atoms with E-state index < -0.39 is 0 Å². The van der Waals surface area contributed by atoms with Crippen molar-refractivity contribution in [3.05, 3.63) is 60.1 Å². The summed E-state index contributed by atoms with van der Waals surface area (Å²) in [5.74, 6) is 0.0889. The van der Waals surface area contributed by atoms with Crippen molar-refractivity contribution in [3.63, 3.8) is 0 Å². The van der Waals surface area contributed by atoms with Gasteiger partial charge >= 0.3 is 0 Å². The molecule has 6 nitrogen and oxygen atoms in total. The molecule has 1 aliphatic heterocycles. The normalized spacial score (nSPS) is 14.8. The maximum atomic E-state index is 12.7. The van der Waals surface area contributed by atoms with Crippen molar-refractivity contribution in [1.82, 2.24) is 19.4 Å². The average Bonchev–Trinajstić information content (AvgIpc) is 3.35. The van der Waals surface area contributed by atoms with Crippen molar-refractivity contribution < 1.29 is 4.79 Å².